The van der Waals surface area contributed by atoms with Gasteiger partial charge in [-0.15, -0.1) is 24.0 Å². The fraction of sp³-hybridized carbons (Fsp3) is 0.300. The fourth-order valence-corrected chi connectivity index (χ4v) is 2.67. The first-order chi connectivity index (χ1) is 12.7. The third-order valence-corrected chi connectivity index (χ3v) is 3.98. The minimum atomic E-state index is 0. The Balaban J connectivity index is 0.00000261. The molecule has 27 heavy (non-hydrogen) atoms. The molecule has 0 spiro atoms. The van der Waals surface area contributed by atoms with E-state index in [1.807, 2.05) is 48.1 Å². The highest BCUT2D eigenvalue weighted by Crippen LogP contribution is 2.15. The summed E-state index contributed by atoms with van der Waals surface area (Å²) in [6.45, 7) is 7.43. The van der Waals surface area contributed by atoms with Gasteiger partial charge in [0.25, 0.3) is 0 Å². The van der Waals surface area contributed by atoms with E-state index < -0.39 is 0 Å². The molecule has 2 heterocycles. The zero-order chi connectivity index (χ0) is 18.4. The summed E-state index contributed by atoms with van der Waals surface area (Å²) in [4.78, 5) is 4.70. The van der Waals surface area contributed by atoms with Gasteiger partial charge in [0.2, 0.25) is 0 Å². The molecule has 2 aromatic heterocycles. The lowest BCUT2D eigenvalue weighted by Crippen LogP contribution is -2.38. The molecular weight excluding hydrogens is 453 g/mol. The van der Waals surface area contributed by atoms with E-state index in [-0.39, 0.29) is 30.0 Å². The third kappa shape index (κ3) is 5.85. The second-order valence-electron chi connectivity index (χ2n) is 6.13. The van der Waals surface area contributed by atoms with Crippen molar-refractivity contribution in [3.8, 4) is 5.69 Å². The Morgan fingerprint density at radius 2 is 2.11 bits per heavy atom. The number of hydrogen-bond acceptors (Lipinski definition) is 3. The van der Waals surface area contributed by atoms with Gasteiger partial charge in [-0.2, -0.15) is 5.10 Å². The average molecular weight is 479 g/mol. The Kier molecular flexibility index (Phi) is 7.90. The highest BCUT2D eigenvalue weighted by molar-refractivity contribution is 14.0. The molecule has 0 saturated heterocycles. The summed E-state index contributed by atoms with van der Waals surface area (Å²) in [6.07, 6.45) is 3.71. The molecule has 1 atom stereocenters. The van der Waals surface area contributed by atoms with Gasteiger partial charge in [0, 0.05) is 18.9 Å². The highest BCUT2D eigenvalue weighted by atomic mass is 127. The van der Waals surface area contributed by atoms with E-state index in [4.69, 9.17) is 9.41 Å². The molecule has 0 aliphatic rings. The van der Waals surface area contributed by atoms with Crippen LogP contribution in [0.25, 0.3) is 5.69 Å². The van der Waals surface area contributed by atoms with Crippen molar-refractivity contribution in [1.82, 2.24) is 20.4 Å². The van der Waals surface area contributed by atoms with Crippen LogP contribution in [0.2, 0.25) is 0 Å². The number of aromatic nitrogens is 2. The summed E-state index contributed by atoms with van der Waals surface area (Å²) in [7, 11) is 0. The molecule has 0 radical (unpaired) electrons. The molecule has 0 saturated carbocycles. The monoisotopic (exact) mass is 479 g/mol. The average Bonchev–Trinajstić information content (AvgIpc) is 3.32. The van der Waals surface area contributed by atoms with E-state index in [1.165, 1.54) is 0 Å². The summed E-state index contributed by atoms with van der Waals surface area (Å²) < 4.78 is 7.53. The van der Waals surface area contributed by atoms with Crippen molar-refractivity contribution in [2.24, 2.45) is 4.99 Å². The van der Waals surface area contributed by atoms with Crippen LogP contribution >= 0.6 is 24.0 Å². The molecule has 3 rings (SSSR count). The number of aliphatic imine (C=N–C) groups is 1. The first kappa shape index (κ1) is 21.0. The quantitative estimate of drug-likeness (QED) is 0.316. The van der Waals surface area contributed by atoms with E-state index in [0.29, 0.717) is 6.54 Å². The number of halogens is 1. The summed E-state index contributed by atoms with van der Waals surface area (Å²) in [6, 6.07) is 14.1. The zero-order valence-corrected chi connectivity index (χ0v) is 18.2. The van der Waals surface area contributed by atoms with Gasteiger partial charge in [-0.3, -0.25) is 0 Å². The Labute approximate surface area is 177 Å². The smallest absolute Gasteiger partial charge is 0.192 e. The standard InChI is InChI=1S/C20H25N5O.HI/c1-4-21-20(24-16(3)19-10-9-15(2)26-19)22-14-17-7-5-8-18(13-17)25-12-6-11-23-25;/h5-13,16H,4,14H2,1-3H3,(H2,21,22,24);1H. The van der Waals surface area contributed by atoms with Crippen LogP contribution in [0.1, 0.15) is 37.0 Å². The molecule has 6 nitrogen and oxygen atoms in total. The molecule has 0 amide bonds. The Hall–Kier alpha value is -2.29. The van der Waals surface area contributed by atoms with Crippen molar-refractivity contribution in [3.05, 3.63) is 71.9 Å². The second-order valence-corrected chi connectivity index (χ2v) is 6.13. The Bertz CT molecular complexity index is 857. The van der Waals surface area contributed by atoms with Gasteiger partial charge >= 0.3 is 0 Å². The van der Waals surface area contributed by atoms with Crippen molar-refractivity contribution in [2.75, 3.05) is 6.54 Å². The van der Waals surface area contributed by atoms with E-state index in [1.54, 1.807) is 6.20 Å². The van der Waals surface area contributed by atoms with Gasteiger partial charge in [-0.1, -0.05) is 12.1 Å². The van der Waals surface area contributed by atoms with Crippen molar-refractivity contribution >= 4 is 29.9 Å². The van der Waals surface area contributed by atoms with Crippen LogP contribution in [0, 0.1) is 6.92 Å². The number of rotatable bonds is 6. The number of nitrogens with zero attached hydrogens (tertiary/aromatic N) is 3. The Morgan fingerprint density at radius 3 is 2.78 bits per heavy atom. The molecule has 1 aromatic carbocycles. The lowest BCUT2D eigenvalue weighted by Gasteiger charge is -2.16. The largest absolute Gasteiger partial charge is 0.464 e. The molecule has 0 bridgehead atoms. The van der Waals surface area contributed by atoms with Crippen molar-refractivity contribution in [3.63, 3.8) is 0 Å². The lowest BCUT2D eigenvalue weighted by atomic mass is 10.2. The topological polar surface area (TPSA) is 67.4 Å². The van der Waals surface area contributed by atoms with Gasteiger partial charge < -0.3 is 15.1 Å². The van der Waals surface area contributed by atoms with E-state index >= 15 is 0 Å². The van der Waals surface area contributed by atoms with E-state index in [0.717, 1.165) is 35.3 Å². The molecule has 3 aromatic rings. The molecule has 0 aliphatic heterocycles. The van der Waals surface area contributed by atoms with Crippen LogP contribution in [0.4, 0.5) is 0 Å². The fourth-order valence-electron chi connectivity index (χ4n) is 2.67. The zero-order valence-electron chi connectivity index (χ0n) is 15.8. The maximum atomic E-state index is 5.69. The van der Waals surface area contributed by atoms with Gasteiger partial charge in [0.05, 0.1) is 18.3 Å². The maximum absolute atomic E-state index is 5.69. The van der Waals surface area contributed by atoms with Gasteiger partial charge in [-0.25, -0.2) is 9.67 Å². The van der Waals surface area contributed by atoms with Crippen molar-refractivity contribution < 1.29 is 4.42 Å². The van der Waals surface area contributed by atoms with Crippen LogP contribution < -0.4 is 10.6 Å². The predicted molar refractivity (Wildman–Crippen MR) is 119 cm³/mol. The lowest BCUT2D eigenvalue weighted by molar-refractivity contribution is 0.441. The number of furan rings is 1. The number of guanidine groups is 1. The third-order valence-electron chi connectivity index (χ3n) is 3.98. The molecule has 0 aliphatic carbocycles. The first-order valence-electron chi connectivity index (χ1n) is 8.86. The van der Waals surface area contributed by atoms with Crippen LogP contribution in [0.5, 0.6) is 0 Å². The predicted octanol–water partition coefficient (Wildman–Crippen LogP) is 4.21. The summed E-state index contributed by atoms with van der Waals surface area (Å²) in [5.74, 6) is 2.57. The SMILES string of the molecule is CCNC(=NCc1cccc(-n2cccn2)c1)NC(C)c1ccc(C)o1.I. The van der Waals surface area contributed by atoms with E-state index in [2.05, 4.69) is 41.7 Å². The maximum Gasteiger partial charge on any atom is 0.192 e. The summed E-state index contributed by atoms with van der Waals surface area (Å²) in [5.41, 5.74) is 2.15. The first-order valence-corrected chi connectivity index (χ1v) is 8.86. The molecule has 1 unspecified atom stereocenters. The highest BCUT2D eigenvalue weighted by Gasteiger charge is 2.11. The summed E-state index contributed by atoms with van der Waals surface area (Å²) in [5, 5.41) is 10.9. The molecular formula is C20H26IN5O. The minimum Gasteiger partial charge on any atom is -0.464 e. The van der Waals surface area contributed by atoms with Gasteiger partial charge in [0.1, 0.15) is 11.5 Å². The van der Waals surface area contributed by atoms with Gasteiger partial charge in [0.15, 0.2) is 5.96 Å². The summed E-state index contributed by atoms with van der Waals surface area (Å²) >= 11 is 0. The second kappa shape index (κ2) is 10.1. The normalized spacial score (nSPS) is 12.3. The number of benzene rings is 1. The van der Waals surface area contributed by atoms with Gasteiger partial charge in [-0.05, 0) is 56.7 Å². The number of nitrogens with one attached hydrogen (secondary N) is 2. The molecule has 2 N–H and O–H groups in total. The van der Waals surface area contributed by atoms with Crippen LogP contribution in [-0.4, -0.2) is 22.3 Å². The molecule has 0 fully saturated rings. The minimum absolute atomic E-state index is 0. The van der Waals surface area contributed by atoms with E-state index in [9.17, 15) is 0 Å². The number of hydrogen-bond donors (Lipinski definition) is 2. The Morgan fingerprint density at radius 1 is 1.26 bits per heavy atom. The van der Waals surface area contributed by atoms with Crippen molar-refractivity contribution in [1.29, 1.82) is 0 Å². The molecule has 7 heteroatoms. The van der Waals surface area contributed by atoms with Crippen molar-refractivity contribution in [2.45, 2.75) is 33.4 Å². The number of aryl methyl sites for hydroxylation is 1. The van der Waals surface area contributed by atoms with Crippen LogP contribution in [0.3, 0.4) is 0 Å². The van der Waals surface area contributed by atoms with Crippen LogP contribution in [0.15, 0.2) is 64.3 Å². The van der Waals surface area contributed by atoms with Crippen LogP contribution in [-0.2, 0) is 6.54 Å². The molecule has 144 valence electrons.